The lowest BCUT2D eigenvalue weighted by Gasteiger charge is -2.27. The van der Waals surface area contributed by atoms with Gasteiger partial charge in [-0.3, -0.25) is 4.90 Å². The van der Waals surface area contributed by atoms with Crippen molar-refractivity contribution in [3.8, 4) is 0 Å². The summed E-state index contributed by atoms with van der Waals surface area (Å²) in [5.41, 5.74) is 0.808. The molecule has 1 aliphatic rings. The summed E-state index contributed by atoms with van der Waals surface area (Å²) in [6.07, 6.45) is 0.598. The van der Waals surface area contributed by atoms with Gasteiger partial charge in [0.15, 0.2) is 0 Å². The molecule has 0 unspecified atom stereocenters. The molecular weight excluding hydrogens is 222 g/mol. The first kappa shape index (κ1) is 12.5. The van der Waals surface area contributed by atoms with Crippen molar-refractivity contribution in [2.75, 3.05) is 26.2 Å². The summed E-state index contributed by atoms with van der Waals surface area (Å²) in [6, 6.07) is 2.91. The number of rotatable bonds is 3. The Bertz CT molecular complexity index is 387. The molecule has 17 heavy (non-hydrogen) atoms. The molecule has 1 aromatic carbocycles. The van der Waals surface area contributed by atoms with E-state index in [1.165, 1.54) is 12.1 Å². The number of halogens is 2. The van der Waals surface area contributed by atoms with Crippen LogP contribution in [0.25, 0.3) is 0 Å². The summed E-state index contributed by atoms with van der Waals surface area (Å²) in [7, 11) is 0. The predicted octanol–water partition coefficient (Wildman–Crippen LogP) is 1.93. The van der Waals surface area contributed by atoms with Gasteiger partial charge in [0.2, 0.25) is 0 Å². The fraction of sp³-hybridized carbons (Fsp3) is 0.538. The highest BCUT2D eigenvalue weighted by molar-refractivity contribution is 5.27. The lowest BCUT2D eigenvalue weighted by atomic mass is 10.1. The van der Waals surface area contributed by atoms with Gasteiger partial charge in [0, 0.05) is 38.3 Å². The van der Waals surface area contributed by atoms with Gasteiger partial charge < -0.3 is 5.32 Å². The molecule has 2 rings (SSSR count). The van der Waals surface area contributed by atoms with E-state index < -0.39 is 5.82 Å². The van der Waals surface area contributed by atoms with E-state index in [9.17, 15) is 8.78 Å². The second-order valence-electron chi connectivity index (χ2n) is 4.38. The minimum absolute atomic E-state index is 0.214. The minimum atomic E-state index is -0.432. The van der Waals surface area contributed by atoms with E-state index in [4.69, 9.17) is 0 Å². The van der Waals surface area contributed by atoms with Crippen LogP contribution in [0.15, 0.2) is 12.1 Å². The molecule has 0 saturated carbocycles. The van der Waals surface area contributed by atoms with Gasteiger partial charge in [-0.25, -0.2) is 8.78 Å². The van der Waals surface area contributed by atoms with E-state index >= 15 is 0 Å². The molecule has 1 saturated heterocycles. The Labute approximate surface area is 101 Å². The maximum absolute atomic E-state index is 14.0. The SMILES string of the molecule is CCc1ccc(F)c(CN2CCNCC2)c1F. The molecule has 1 fully saturated rings. The van der Waals surface area contributed by atoms with Crippen molar-refractivity contribution in [2.45, 2.75) is 19.9 Å². The highest BCUT2D eigenvalue weighted by atomic mass is 19.1. The molecule has 0 aliphatic carbocycles. The lowest BCUT2D eigenvalue weighted by molar-refractivity contribution is 0.227. The second-order valence-corrected chi connectivity index (χ2v) is 4.38. The first-order valence-electron chi connectivity index (χ1n) is 6.11. The molecule has 0 spiro atoms. The van der Waals surface area contributed by atoms with E-state index in [0.717, 1.165) is 26.2 Å². The van der Waals surface area contributed by atoms with Gasteiger partial charge in [-0.2, -0.15) is 0 Å². The van der Waals surface area contributed by atoms with Crippen LogP contribution in [0, 0.1) is 11.6 Å². The number of hydrogen-bond donors (Lipinski definition) is 1. The number of aryl methyl sites for hydroxylation is 1. The van der Waals surface area contributed by atoms with E-state index in [1.807, 2.05) is 6.92 Å². The number of hydrogen-bond acceptors (Lipinski definition) is 2. The van der Waals surface area contributed by atoms with Gasteiger partial charge >= 0.3 is 0 Å². The molecular formula is C13H18F2N2. The van der Waals surface area contributed by atoms with Gasteiger partial charge in [0.05, 0.1) is 0 Å². The van der Waals surface area contributed by atoms with Gasteiger partial charge in [-0.15, -0.1) is 0 Å². The first-order valence-corrected chi connectivity index (χ1v) is 6.11. The highest BCUT2D eigenvalue weighted by Crippen LogP contribution is 2.19. The normalized spacial score (nSPS) is 17.4. The van der Waals surface area contributed by atoms with Crippen LogP contribution in [0.2, 0.25) is 0 Å². The summed E-state index contributed by atoms with van der Waals surface area (Å²) >= 11 is 0. The zero-order valence-corrected chi connectivity index (χ0v) is 10.1. The van der Waals surface area contributed by atoms with Gasteiger partial charge in [-0.1, -0.05) is 13.0 Å². The van der Waals surface area contributed by atoms with Crippen LogP contribution in [0.1, 0.15) is 18.1 Å². The molecule has 1 aliphatic heterocycles. The van der Waals surface area contributed by atoms with Gasteiger partial charge in [0.1, 0.15) is 11.6 Å². The Balaban J connectivity index is 2.18. The standard InChI is InChI=1S/C13H18F2N2/c1-2-10-3-4-12(14)11(13(10)15)9-17-7-5-16-6-8-17/h3-4,16H,2,5-9H2,1H3. The van der Waals surface area contributed by atoms with E-state index in [0.29, 0.717) is 18.5 Å². The van der Waals surface area contributed by atoms with Crippen LogP contribution in [0.3, 0.4) is 0 Å². The number of piperazine rings is 1. The zero-order chi connectivity index (χ0) is 12.3. The third kappa shape index (κ3) is 2.82. The molecule has 4 heteroatoms. The molecule has 1 aromatic rings. The fourth-order valence-electron chi connectivity index (χ4n) is 2.16. The molecule has 0 atom stereocenters. The van der Waals surface area contributed by atoms with Crippen molar-refractivity contribution in [1.82, 2.24) is 10.2 Å². The number of nitrogens with zero attached hydrogens (tertiary/aromatic N) is 1. The number of benzene rings is 1. The summed E-state index contributed by atoms with van der Waals surface area (Å²) in [6.45, 7) is 5.70. The quantitative estimate of drug-likeness (QED) is 0.868. The Morgan fingerprint density at radius 1 is 1.24 bits per heavy atom. The summed E-state index contributed by atoms with van der Waals surface area (Å²) < 4.78 is 27.6. The Kier molecular flexibility index (Phi) is 4.07. The largest absolute Gasteiger partial charge is 0.314 e. The van der Waals surface area contributed by atoms with E-state index in [-0.39, 0.29) is 11.4 Å². The van der Waals surface area contributed by atoms with Crippen molar-refractivity contribution in [3.05, 3.63) is 34.9 Å². The third-order valence-electron chi connectivity index (χ3n) is 3.24. The molecule has 0 amide bonds. The number of nitrogens with one attached hydrogen (secondary N) is 1. The first-order chi connectivity index (χ1) is 8.22. The van der Waals surface area contributed by atoms with Crippen LogP contribution in [-0.2, 0) is 13.0 Å². The molecule has 0 bridgehead atoms. The molecule has 0 radical (unpaired) electrons. The minimum Gasteiger partial charge on any atom is -0.314 e. The molecule has 94 valence electrons. The molecule has 1 N–H and O–H groups in total. The van der Waals surface area contributed by atoms with Crippen molar-refractivity contribution in [1.29, 1.82) is 0 Å². The monoisotopic (exact) mass is 240 g/mol. The molecule has 0 aromatic heterocycles. The van der Waals surface area contributed by atoms with Crippen molar-refractivity contribution >= 4 is 0 Å². The van der Waals surface area contributed by atoms with Crippen LogP contribution in [0.5, 0.6) is 0 Å². The predicted molar refractivity (Wildman–Crippen MR) is 63.9 cm³/mol. The Morgan fingerprint density at radius 3 is 2.59 bits per heavy atom. The van der Waals surface area contributed by atoms with Crippen LogP contribution >= 0.6 is 0 Å². The van der Waals surface area contributed by atoms with Gasteiger partial charge in [0.25, 0.3) is 0 Å². The summed E-state index contributed by atoms with van der Waals surface area (Å²) in [5.74, 6) is -0.802. The topological polar surface area (TPSA) is 15.3 Å². The van der Waals surface area contributed by atoms with Gasteiger partial charge in [-0.05, 0) is 18.1 Å². The maximum Gasteiger partial charge on any atom is 0.133 e. The highest BCUT2D eigenvalue weighted by Gasteiger charge is 2.17. The molecule has 1 heterocycles. The average molecular weight is 240 g/mol. The maximum atomic E-state index is 14.0. The third-order valence-corrected chi connectivity index (χ3v) is 3.24. The van der Waals surface area contributed by atoms with Crippen molar-refractivity contribution < 1.29 is 8.78 Å². The average Bonchev–Trinajstić information content (AvgIpc) is 2.36. The Morgan fingerprint density at radius 2 is 1.94 bits per heavy atom. The van der Waals surface area contributed by atoms with Crippen LogP contribution in [0.4, 0.5) is 8.78 Å². The summed E-state index contributed by atoms with van der Waals surface area (Å²) in [4.78, 5) is 2.08. The zero-order valence-electron chi connectivity index (χ0n) is 10.1. The molecule has 2 nitrogen and oxygen atoms in total. The lowest BCUT2D eigenvalue weighted by Crippen LogP contribution is -2.43. The van der Waals surface area contributed by atoms with E-state index in [1.54, 1.807) is 0 Å². The second kappa shape index (κ2) is 5.56. The smallest absolute Gasteiger partial charge is 0.133 e. The van der Waals surface area contributed by atoms with Crippen molar-refractivity contribution in [3.63, 3.8) is 0 Å². The Hall–Kier alpha value is -1.00. The summed E-state index contributed by atoms with van der Waals surface area (Å²) in [5, 5.41) is 3.22. The van der Waals surface area contributed by atoms with Crippen molar-refractivity contribution in [2.24, 2.45) is 0 Å². The van der Waals surface area contributed by atoms with Crippen LogP contribution < -0.4 is 5.32 Å². The van der Waals surface area contributed by atoms with E-state index in [2.05, 4.69) is 10.2 Å². The van der Waals surface area contributed by atoms with Crippen LogP contribution in [-0.4, -0.2) is 31.1 Å². The fourth-order valence-corrected chi connectivity index (χ4v) is 2.16.